The van der Waals surface area contributed by atoms with Gasteiger partial charge >= 0.3 is 0 Å². The Morgan fingerprint density at radius 1 is 1.24 bits per heavy atom. The molecule has 0 bridgehead atoms. The maximum atomic E-state index is 4.80. The van der Waals surface area contributed by atoms with Gasteiger partial charge in [0.1, 0.15) is 0 Å². The fourth-order valence-corrected chi connectivity index (χ4v) is 3.01. The number of anilines is 1. The van der Waals surface area contributed by atoms with Crippen molar-refractivity contribution in [3.8, 4) is 0 Å². The molecule has 112 valence electrons. The highest BCUT2D eigenvalue weighted by molar-refractivity contribution is 5.41. The van der Waals surface area contributed by atoms with E-state index in [-0.39, 0.29) is 5.41 Å². The Hall–Kier alpha value is -1.77. The van der Waals surface area contributed by atoms with Crippen molar-refractivity contribution in [1.82, 2.24) is 9.55 Å². The summed E-state index contributed by atoms with van der Waals surface area (Å²) in [6, 6.07) is 7.09. The lowest BCUT2D eigenvalue weighted by atomic mass is 9.93. The number of fused-ring (bicyclic) bond motifs is 1. The molecule has 0 aliphatic carbocycles. The monoisotopic (exact) mass is 283 g/mol. The molecule has 0 spiro atoms. The lowest BCUT2D eigenvalue weighted by Crippen LogP contribution is -2.22. The van der Waals surface area contributed by atoms with Crippen LogP contribution in [0, 0.1) is 13.8 Å². The fourth-order valence-electron chi connectivity index (χ4n) is 3.01. The molecule has 3 heteroatoms. The number of rotatable bonds is 1. The summed E-state index contributed by atoms with van der Waals surface area (Å²) in [6.07, 6.45) is 3.30. The molecule has 0 radical (unpaired) electrons. The van der Waals surface area contributed by atoms with Gasteiger partial charge in [-0.15, -0.1) is 0 Å². The van der Waals surface area contributed by atoms with Crippen molar-refractivity contribution in [1.29, 1.82) is 0 Å². The summed E-state index contributed by atoms with van der Waals surface area (Å²) in [5, 5.41) is 3.62. The molecule has 21 heavy (non-hydrogen) atoms. The van der Waals surface area contributed by atoms with Crippen LogP contribution in [0.2, 0.25) is 0 Å². The van der Waals surface area contributed by atoms with Crippen LogP contribution in [0.4, 0.5) is 5.95 Å². The summed E-state index contributed by atoms with van der Waals surface area (Å²) in [7, 11) is 0. The minimum Gasteiger partial charge on any atom is -0.349 e. The standard InChI is InChI=1S/C18H25N3/c1-12-6-7-14(13(2)10-12)15-8-9-21-11-16(18(3,4)5)20-17(21)19-15/h6-7,10-11,15H,8-9H2,1-5H3,(H,19,20). The minimum atomic E-state index is 0.0985. The van der Waals surface area contributed by atoms with Crippen LogP contribution in [0.5, 0.6) is 0 Å². The van der Waals surface area contributed by atoms with Crippen molar-refractivity contribution < 1.29 is 0 Å². The zero-order chi connectivity index (χ0) is 15.2. The highest BCUT2D eigenvalue weighted by Gasteiger charge is 2.25. The van der Waals surface area contributed by atoms with Gasteiger partial charge < -0.3 is 9.88 Å². The highest BCUT2D eigenvalue weighted by Crippen LogP contribution is 2.32. The SMILES string of the molecule is Cc1ccc(C2CCn3cc(C(C)(C)C)nc3N2)c(C)c1. The van der Waals surface area contributed by atoms with Crippen molar-refractivity contribution in [3.63, 3.8) is 0 Å². The largest absolute Gasteiger partial charge is 0.349 e. The van der Waals surface area contributed by atoms with Crippen LogP contribution in [0.15, 0.2) is 24.4 Å². The van der Waals surface area contributed by atoms with Crippen molar-refractivity contribution in [2.45, 2.75) is 59.0 Å². The normalized spacial score (nSPS) is 18.2. The van der Waals surface area contributed by atoms with Crippen LogP contribution >= 0.6 is 0 Å². The zero-order valence-electron chi connectivity index (χ0n) is 13.7. The number of imidazole rings is 1. The second-order valence-electron chi connectivity index (χ2n) is 7.24. The summed E-state index contributed by atoms with van der Waals surface area (Å²) < 4.78 is 2.25. The van der Waals surface area contributed by atoms with Crippen LogP contribution in [0.25, 0.3) is 0 Å². The predicted octanol–water partition coefficient (Wildman–Crippen LogP) is 4.35. The third kappa shape index (κ3) is 2.69. The van der Waals surface area contributed by atoms with Crippen LogP contribution in [0.1, 0.15) is 55.6 Å². The molecule has 1 aliphatic heterocycles. The molecule has 1 aromatic heterocycles. The first-order valence-electron chi connectivity index (χ1n) is 7.76. The topological polar surface area (TPSA) is 29.9 Å². The van der Waals surface area contributed by atoms with E-state index in [9.17, 15) is 0 Å². The summed E-state index contributed by atoms with van der Waals surface area (Å²) in [5.74, 6) is 1.01. The summed E-state index contributed by atoms with van der Waals surface area (Å²) in [6.45, 7) is 12.0. The molecular formula is C18H25N3. The third-order valence-electron chi connectivity index (χ3n) is 4.31. The lowest BCUT2D eigenvalue weighted by molar-refractivity contribution is 0.539. The van der Waals surface area contributed by atoms with Crippen LogP contribution < -0.4 is 5.32 Å². The molecular weight excluding hydrogens is 258 g/mol. The van der Waals surface area contributed by atoms with Gasteiger partial charge in [-0.05, 0) is 31.4 Å². The molecule has 1 unspecified atom stereocenters. The summed E-state index contributed by atoms with van der Waals surface area (Å²) >= 11 is 0. The van der Waals surface area contributed by atoms with E-state index in [1.165, 1.54) is 16.7 Å². The van der Waals surface area contributed by atoms with Crippen molar-refractivity contribution >= 4 is 5.95 Å². The number of hydrogen-bond donors (Lipinski definition) is 1. The molecule has 1 aliphatic rings. The molecule has 0 saturated carbocycles. The van der Waals surface area contributed by atoms with Gasteiger partial charge in [-0.3, -0.25) is 0 Å². The Balaban J connectivity index is 1.89. The molecule has 3 nitrogen and oxygen atoms in total. The highest BCUT2D eigenvalue weighted by atomic mass is 15.2. The molecule has 1 atom stereocenters. The average Bonchev–Trinajstić information content (AvgIpc) is 2.81. The van der Waals surface area contributed by atoms with E-state index in [1.54, 1.807) is 0 Å². The van der Waals surface area contributed by atoms with E-state index in [0.29, 0.717) is 6.04 Å². The number of hydrogen-bond acceptors (Lipinski definition) is 2. The Morgan fingerprint density at radius 2 is 2.00 bits per heavy atom. The summed E-state index contributed by atoms with van der Waals surface area (Å²) in [4.78, 5) is 4.80. The van der Waals surface area contributed by atoms with Gasteiger partial charge in [0.05, 0.1) is 11.7 Å². The van der Waals surface area contributed by atoms with Crippen molar-refractivity contribution in [2.75, 3.05) is 5.32 Å². The smallest absolute Gasteiger partial charge is 0.203 e. The Labute approximate surface area is 127 Å². The maximum absolute atomic E-state index is 4.80. The predicted molar refractivity (Wildman–Crippen MR) is 87.8 cm³/mol. The summed E-state index contributed by atoms with van der Waals surface area (Å²) in [5.41, 5.74) is 5.34. The Kier molecular flexibility index (Phi) is 3.31. The number of aromatic nitrogens is 2. The van der Waals surface area contributed by atoms with E-state index in [0.717, 1.165) is 24.6 Å². The van der Waals surface area contributed by atoms with Gasteiger partial charge in [0.15, 0.2) is 0 Å². The molecule has 1 aromatic carbocycles. The van der Waals surface area contributed by atoms with Crippen LogP contribution in [-0.2, 0) is 12.0 Å². The number of nitrogens with one attached hydrogen (secondary N) is 1. The third-order valence-corrected chi connectivity index (χ3v) is 4.31. The molecule has 0 amide bonds. The van der Waals surface area contributed by atoms with Crippen LogP contribution in [0.3, 0.4) is 0 Å². The van der Waals surface area contributed by atoms with E-state index in [1.807, 2.05) is 0 Å². The van der Waals surface area contributed by atoms with Crippen molar-refractivity contribution in [2.24, 2.45) is 0 Å². The quantitative estimate of drug-likeness (QED) is 0.843. The number of aryl methyl sites for hydroxylation is 3. The number of benzene rings is 1. The second kappa shape index (κ2) is 4.90. The number of nitrogens with zero attached hydrogens (tertiary/aromatic N) is 2. The van der Waals surface area contributed by atoms with Gasteiger partial charge in [0.2, 0.25) is 5.95 Å². The molecule has 2 heterocycles. The van der Waals surface area contributed by atoms with Gasteiger partial charge in [0, 0.05) is 18.2 Å². The van der Waals surface area contributed by atoms with Crippen molar-refractivity contribution in [3.05, 3.63) is 46.8 Å². The molecule has 3 rings (SSSR count). The molecule has 2 aromatic rings. The second-order valence-corrected chi connectivity index (χ2v) is 7.24. The van der Waals surface area contributed by atoms with Gasteiger partial charge in [-0.1, -0.05) is 44.5 Å². The maximum Gasteiger partial charge on any atom is 0.203 e. The first kappa shape index (κ1) is 14.2. The average molecular weight is 283 g/mol. The van der Waals surface area contributed by atoms with E-state index in [4.69, 9.17) is 4.98 Å². The zero-order valence-corrected chi connectivity index (χ0v) is 13.7. The molecule has 0 saturated heterocycles. The lowest BCUT2D eigenvalue weighted by Gasteiger charge is -2.27. The van der Waals surface area contributed by atoms with Crippen LogP contribution in [-0.4, -0.2) is 9.55 Å². The van der Waals surface area contributed by atoms with E-state index < -0.39 is 0 Å². The van der Waals surface area contributed by atoms with Gasteiger partial charge in [0.25, 0.3) is 0 Å². The first-order chi connectivity index (χ1) is 9.84. The Morgan fingerprint density at radius 3 is 2.67 bits per heavy atom. The molecule has 0 fully saturated rings. The minimum absolute atomic E-state index is 0.0985. The molecule has 1 N–H and O–H groups in total. The van der Waals surface area contributed by atoms with E-state index >= 15 is 0 Å². The fraction of sp³-hybridized carbons (Fsp3) is 0.500. The first-order valence-corrected chi connectivity index (χ1v) is 7.76. The van der Waals surface area contributed by atoms with Gasteiger partial charge in [-0.25, -0.2) is 4.98 Å². The van der Waals surface area contributed by atoms with E-state index in [2.05, 4.69) is 68.9 Å². The Bertz CT molecular complexity index is 662. The van der Waals surface area contributed by atoms with Gasteiger partial charge in [-0.2, -0.15) is 0 Å².